The summed E-state index contributed by atoms with van der Waals surface area (Å²) in [6.45, 7) is 2.84. The fraction of sp³-hybridized carbons (Fsp3) is 0.167. The minimum absolute atomic E-state index is 0.0214. The summed E-state index contributed by atoms with van der Waals surface area (Å²) in [7, 11) is 0. The Morgan fingerprint density at radius 2 is 1.76 bits per heavy atom. The number of esters is 1. The van der Waals surface area contributed by atoms with Crippen LogP contribution in [0.5, 0.6) is 0 Å². The minimum atomic E-state index is -1.09. The number of benzene rings is 2. The lowest BCUT2D eigenvalue weighted by Gasteiger charge is -2.14. The van der Waals surface area contributed by atoms with E-state index in [1.165, 1.54) is 19.9 Å². The standard InChI is InChI=1S/C18H17FN2O4/c1-10(22)12-3-6-14(7-4-12)21-17(23)11(2)25-18(24)15-8-5-13(19)9-16(15)20/h3-9,11H,20H2,1-2H3,(H,21,23)/t11-/m1/s1. The second kappa shape index (κ2) is 7.57. The summed E-state index contributed by atoms with van der Waals surface area (Å²) in [6.07, 6.45) is -1.09. The molecule has 130 valence electrons. The van der Waals surface area contributed by atoms with Crippen molar-refractivity contribution in [2.45, 2.75) is 20.0 Å². The van der Waals surface area contributed by atoms with Gasteiger partial charge in [-0.1, -0.05) is 0 Å². The molecule has 0 aliphatic heterocycles. The molecule has 0 saturated heterocycles. The molecule has 2 aromatic rings. The van der Waals surface area contributed by atoms with Crippen LogP contribution in [0.25, 0.3) is 0 Å². The van der Waals surface area contributed by atoms with E-state index in [1.807, 2.05) is 0 Å². The van der Waals surface area contributed by atoms with Crippen LogP contribution < -0.4 is 11.1 Å². The Kier molecular flexibility index (Phi) is 5.49. The van der Waals surface area contributed by atoms with E-state index < -0.39 is 23.8 Å². The molecule has 0 radical (unpaired) electrons. The normalized spacial score (nSPS) is 11.5. The molecule has 2 rings (SSSR count). The largest absolute Gasteiger partial charge is 0.449 e. The fourth-order valence-corrected chi connectivity index (χ4v) is 2.03. The van der Waals surface area contributed by atoms with Gasteiger partial charge in [-0.2, -0.15) is 0 Å². The lowest BCUT2D eigenvalue weighted by atomic mass is 10.1. The van der Waals surface area contributed by atoms with Gasteiger partial charge in [0.2, 0.25) is 0 Å². The number of ether oxygens (including phenoxy) is 1. The Labute approximate surface area is 143 Å². The van der Waals surface area contributed by atoms with Gasteiger partial charge in [-0.15, -0.1) is 0 Å². The average Bonchev–Trinajstić information content (AvgIpc) is 2.55. The van der Waals surface area contributed by atoms with Gasteiger partial charge in [0.1, 0.15) is 5.82 Å². The minimum Gasteiger partial charge on any atom is -0.449 e. The number of halogens is 1. The van der Waals surface area contributed by atoms with Gasteiger partial charge >= 0.3 is 5.97 Å². The first-order valence-electron chi connectivity index (χ1n) is 7.46. The van der Waals surface area contributed by atoms with Crippen molar-refractivity contribution in [3.63, 3.8) is 0 Å². The Morgan fingerprint density at radius 3 is 2.32 bits per heavy atom. The lowest BCUT2D eigenvalue weighted by Crippen LogP contribution is -2.30. The summed E-state index contributed by atoms with van der Waals surface area (Å²) in [5, 5.41) is 2.57. The Bertz CT molecular complexity index is 818. The number of carbonyl (C=O) groups excluding carboxylic acids is 3. The van der Waals surface area contributed by atoms with Crippen molar-refractivity contribution in [1.29, 1.82) is 0 Å². The first-order chi connectivity index (χ1) is 11.8. The quantitative estimate of drug-likeness (QED) is 0.494. The maximum absolute atomic E-state index is 13.0. The third kappa shape index (κ3) is 4.63. The maximum atomic E-state index is 13.0. The van der Waals surface area contributed by atoms with Gasteiger partial charge in [-0.05, 0) is 56.3 Å². The highest BCUT2D eigenvalue weighted by molar-refractivity contribution is 6.00. The predicted octanol–water partition coefficient (Wildman–Crippen LogP) is 2.79. The van der Waals surface area contributed by atoms with Crippen LogP contribution in [0.3, 0.4) is 0 Å². The second-order valence-corrected chi connectivity index (χ2v) is 5.40. The highest BCUT2D eigenvalue weighted by Gasteiger charge is 2.20. The number of amides is 1. The molecule has 0 saturated carbocycles. The molecule has 1 atom stereocenters. The number of nitrogen functional groups attached to an aromatic ring is 1. The van der Waals surface area contributed by atoms with Gasteiger partial charge in [0.15, 0.2) is 11.9 Å². The predicted molar refractivity (Wildman–Crippen MR) is 90.8 cm³/mol. The maximum Gasteiger partial charge on any atom is 0.341 e. The SMILES string of the molecule is CC(=O)c1ccc(NC(=O)[C@@H](C)OC(=O)c2ccc(F)cc2N)cc1. The summed E-state index contributed by atoms with van der Waals surface area (Å²) in [5.41, 5.74) is 6.45. The summed E-state index contributed by atoms with van der Waals surface area (Å²) in [6, 6.07) is 9.56. The summed E-state index contributed by atoms with van der Waals surface area (Å²) < 4.78 is 18.1. The van der Waals surface area contributed by atoms with E-state index in [0.717, 1.165) is 12.1 Å². The molecule has 25 heavy (non-hydrogen) atoms. The third-order valence-corrected chi connectivity index (χ3v) is 3.45. The number of hydrogen-bond donors (Lipinski definition) is 2. The Morgan fingerprint density at radius 1 is 1.12 bits per heavy atom. The van der Waals surface area contributed by atoms with Crippen LogP contribution in [-0.2, 0) is 9.53 Å². The second-order valence-electron chi connectivity index (χ2n) is 5.40. The molecule has 0 aliphatic rings. The first-order valence-corrected chi connectivity index (χ1v) is 7.46. The Balaban J connectivity index is 1.99. The molecule has 0 unspecified atom stereocenters. The topological polar surface area (TPSA) is 98.5 Å². The van der Waals surface area contributed by atoms with E-state index >= 15 is 0 Å². The number of rotatable bonds is 5. The highest BCUT2D eigenvalue weighted by atomic mass is 19.1. The van der Waals surface area contributed by atoms with E-state index in [9.17, 15) is 18.8 Å². The van der Waals surface area contributed by atoms with Crippen LogP contribution >= 0.6 is 0 Å². The van der Waals surface area contributed by atoms with E-state index in [4.69, 9.17) is 10.5 Å². The van der Waals surface area contributed by atoms with Crippen LogP contribution in [0, 0.1) is 5.82 Å². The van der Waals surface area contributed by atoms with Crippen LogP contribution in [0.1, 0.15) is 34.6 Å². The van der Waals surface area contributed by atoms with E-state index in [2.05, 4.69) is 5.32 Å². The van der Waals surface area contributed by atoms with Gasteiger partial charge in [-0.25, -0.2) is 9.18 Å². The molecule has 2 aromatic carbocycles. The van der Waals surface area contributed by atoms with Gasteiger partial charge < -0.3 is 15.8 Å². The summed E-state index contributed by atoms with van der Waals surface area (Å²) in [4.78, 5) is 35.3. The van der Waals surface area contributed by atoms with Crippen molar-refractivity contribution in [2.75, 3.05) is 11.1 Å². The van der Waals surface area contributed by atoms with Crippen molar-refractivity contribution < 1.29 is 23.5 Å². The molecule has 0 aromatic heterocycles. The Hall–Kier alpha value is -3.22. The molecule has 1 amide bonds. The first kappa shape index (κ1) is 18.1. The molecule has 0 bridgehead atoms. The molecule has 0 aliphatic carbocycles. The monoisotopic (exact) mass is 344 g/mol. The summed E-state index contributed by atoms with van der Waals surface area (Å²) >= 11 is 0. The van der Waals surface area contributed by atoms with Crippen LogP contribution in [0.2, 0.25) is 0 Å². The molecule has 0 fully saturated rings. The molecular formula is C18H17FN2O4. The van der Waals surface area contributed by atoms with E-state index in [1.54, 1.807) is 24.3 Å². The van der Waals surface area contributed by atoms with Gasteiger partial charge in [0.05, 0.1) is 5.56 Å². The van der Waals surface area contributed by atoms with Crippen LogP contribution in [0.4, 0.5) is 15.8 Å². The van der Waals surface area contributed by atoms with Crippen molar-refractivity contribution in [3.8, 4) is 0 Å². The number of carbonyl (C=O) groups is 3. The smallest absolute Gasteiger partial charge is 0.341 e. The van der Waals surface area contributed by atoms with Crippen LogP contribution in [0.15, 0.2) is 42.5 Å². The number of anilines is 2. The molecule has 3 N–H and O–H groups in total. The fourth-order valence-electron chi connectivity index (χ4n) is 2.03. The zero-order valence-electron chi connectivity index (χ0n) is 13.7. The van der Waals surface area contributed by atoms with E-state index in [-0.39, 0.29) is 17.0 Å². The number of nitrogens with one attached hydrogen (secondary N) is 1. The highest BCUT2D eigenvalue weighted by Crippen LogP contribution is 2.16. The molecule has 0 heterocycles. The number of ketones is 1. The van der Waals surface area contributed by atoms with Gasteiger partial charge in [0, 0.05) is 16.9 Å². The van der Waals surface area contributed by atoms with Gasteiger partial charge in [0.25, 0.3) is 5.91 Å². The molecule has 7 heteroatoms. The lowest BCUT2D eigenvalue weighted by molar-refractivity contribution is -0.123. The van der Waals surface area contributed by atoms with Crippen LogP contribution in [-0.4, -0.2) is 23.8 Å². The molecular weight excluding hydrogens is 327 g/mol. The van der Waals surface area contributed by atoms with Crippen molar-refractivity contribution in [1.82, 2.24) is 0 Å². The summed E-state index contributed by atoms with van der Waals surface area (Å²) in [5.74, 6) is -2.04. The van der Waals surface area contributed by atoms with E-state index in [0.29, 0.717) is 11.3 Å². The molecule has 0 spiro atoms. The number of hydrogen-bond acceptors (Lipinski definition) is 5. The zero-order chi connectivity index (χ0) is 18.6. The average molecular weight is 344 g/mol. The van der Waals surface area contributed by atoms with Crippen molar-refractivity contribution in [3.05, 3.63) is 59.4 Å². The zero-order valence-corrected chi connectivity index (χ0v) is 13.7. The third-order valence-electron chi connectivity index (χ3n) is 3.45. The van der Waals surface area contributed by atoms with Crippen molar-refractivity contribution in [2.24, 2.45) is 0 Å². The van der Waals surface area contributed by atoms with Crippen molar-refractivity contribution >= 4 is 29.0 Å². The van der Waals surface area contributed by atoms with Gasteiger partial charge in [-0.3, -0.25) is 9.59 Å². The molecule has 6 nitrogen and oxygen atoms in total. The number of nitrogens with two attached hydrogens (primary N) is 1. The number of Topliss-reactive ketones (excluding diaryl/α,β-unsaturated/α-hetero) is 1.